The van der Waals surface area contributed by atoms with Crippen LogP contribution in [0, 0.1) is 5.92 Å². The molecule has 0 unspecified atom stereocenters. The second-order valence-corrected chi connectivity index (χ2v) is 6.66. The molecule has 1 aliphatic rings. The molecule has 2 heterocycles. The third-order valence-corrected chi connectivity index (χ3v) is 4.90. The van der Waals surface area contributed by atoms with E-state index < -0.39 is 0 Å². The molecule has 3 aromatic rings. The van der Waals surface area contributed by atoms with Gasteiger partial charge in [0.1, 0.15) is 0 Å². The monoisotopic (exact) mass is 336 g/mol. The first kappa shape index (κ1) is 15.8. The molecule has 1 atom stereocenters. The minimum absolute atomic E-state index is 0.190. The molecular weight excluding hydrogens is 316 g/mol. The van der Waals surface area contributed by atoms with E-state index in [9.17, 15) is 9.90 Å². The molecule has 2 aromatic heterocycles. The van der Waals surface area contributed by atoms with Crippen molar-refractivity contribution in [2.24, 2.45) is 13.0 Å². The van der Waals surface area contributed by atoms with Crippen molar-refractivity contribution >= 4 is 16.8 Å². The van der Waals surface area contributed by atoms with E-state index in [1.165, 1.54) is 0 Å². The Balaban J connectivity index is 1.65. The third kappa shape index (κ3) is 3.00. The summed E-state index contributed by atoms with van der Waals surface area (Å²) < 4.78 is 1.70. The number of pyridine rings is 1. The molecule has 0 aliphatic heterocycles. The molecule has 1 aliphatic carbocycles. The number of nitrogens with zero attached hydrogens (tertiary/aromatic N) is 3. The average molecular weight is 336 g/mol. The van der Waals surface area contributed by atoms with Crippen molar-refractivity contribution in [2.45, 2.75) is 25.0 Å². The number of nitrogens with one attached hydrogen (secondary N) is 1. The van der Waals surface area contributed by atoms with E-state index in [1.807, 2.05) is 30.5 Å². The van der Waals surface area contributed by atoms with Gasteiger partial charge in [0, 0.05) is 31.0 Å². The van der Waals surface area contributed by atoms with Crippen molar-refractivity contribution in [1.82, 2.24) is 19.9 Å². The number of aliphatic hydroxyl groups is 1. The van der Waals surface area contributed by atoms with Gasteiger partial charge in [0.25, 0.3) is 5.91 Å². The number of imidazole rings is 1. The largest absolute Gasteiger partial charge is 0.393 e. The summed E-state index contributed by atoms with van der Waals surface area (Å²) in [6.45, 7) is 0. The van der Waals surface area contributed by atoms with Crippen LogP contribution in [0.25, 0.3) is 10.9 Å². The zero-order chi connectivity index (χ0) is 17.4. The third-order valence-electron chi connectivity index (χ3n) is 4.90. The van der Waals surface area contributed by atoms with E-state index in [-0.39, 0.29) is 24.0 Å². The van der Waals surface area contributed by atoms with Crippen molar-refractivity contribution in [3.05, 3.63) is 60.3 Å². The number of fused-ring (bicyclic) bond motifs is 1. The van der Waals surface area contributed by atoms with Crippen LogP contribution in [0.5, 0.6) is 0 Å². The Labute approximate surface area is 145 Å². The lowest BCUT2D eigenvalue weighted by Gasteiger charge is -2.38. The predicted octanol–water partition coefficient (Wildman–Crippen LogP) is 2.21. The molecule has 6 heteroatoms. The molecule has 2 N–H and O–H groups in total. The smallest absolute Gasteiger partial charge is 0.287 e. The van der Waals surface area contributed by atoms with Crippen LogP contribution in [-0.4, -0.2) is 31.7 Å². The zero-order valence-corrected chi connectivity index (χ0v) is 14.0. The van der Waals surface area contributed by atoms with Gasteiger partial charge in [-0.1, -0.05) is 18.2 Å². The van der Waals surface area contributed by atoms with Gasteiger partial charge in [0.15, 0.2) is 5.82 Å². The number of aliphatic hydroxyl groups excluding tert-OH is 1. The van der Waals surface area contributed by atoms with E-state index in [0.717, 1.165) is 16.5 Å². The molecular formula is C19H20N4O2. The SMILES string of the molecule is Cn1ccnc1C(=O)N[C@H](c1cnc2ccccc2c1)C1CC(O)C1. The van der Waals surface area contributed by atoms with Crippen LogP contribution in [0.4, 0.5) is 0 Å². The molecule has 1 amide bonds. The first-order valence-corrected chi connectivity index (χ1v) is 8.43. The fraction of sp³-hybridized carbons (Fsp3) is 0.316. The lowest BCUT2D eigenvalue weighted by Crippen LogP contribution is -2.42. The second kappa shape index (κ2) is 6.29. The highest BCUT2D eigenvalue weighted by atomic mass is 16.3. The van der Waals surface area contributed by atoms with Crippen LogP contribution in [0.15, 0.2) is 48.9 Å². The van der Waals surface area contributed by atoms with Gasteiger partial charge in [-0.3, -0.25) is 9.78 Å². The maximum atomic E-state index is 12.6. The summed E-state index contributed by atoms with van der Waals surface area (Å²) in [6.07, 6.45) is 6.24. The average Bonchev–Trinajstić information content (AvgIpc) is 3.03. The summed E-state index contributed by atoms with van der Waals surface area (Å²) in [5.74, 6) is 0.354. The number of hydrogen-bond donors (Lipinski definition) is 2. The molecule has 6 nitrogen and oxygen atoms in total. The summed E-state index contributed by atoms with van der Waals surface area (Å²) in [5.41, 5.74) is 1.88. The lowest BCUT2D eigenvalue weighted by atomic mass is 9.75. The van der Waals surface area contributed by atoms with Crippen LogP contribution in [0.2, 0.25) is 0 Å². The van der Waals surface area contributed by atoms with Gasteiger partial charge in [-0.2, -0.15) is 0 Å². The molecule has 1 fully saturated rings. The number of benzene rings is 1. The zero-order valence-electron chi connectivity index (χ0n) is 14.0. The van der Waals surface area contributed by atoms with Crippen molar-refractivity contribution in [1.29, 1.82) is 0 Å². The fourth-order valence-electron chi connectivity index (χ4n) is 3.42. The summed E-state index contributed by atoms with van der Waals surface area (Å²) in [7, 11) is 1.79. The molecule has 128 valence electrons. The maximum absolute atomic E-state index is 12.6. The van der Waals surface area contributed by atoms with Crippen molar-refractivity contribution < 1.29 is 9.90 Å². The summed E-state index contributed by atoms with van der Waals surface area (Å²) in [5, 5.41) is 13.8. The normalized spacial score (nSPS) is 20.9. The van der Waals surface area contributed by atoms with Crippen molar-refractivity contribution in [3.63, 3.8) is 0 Å². The number of hydrogen-bond acceptors (Lipinski definition) is 4. The summed E-state index contributed by atoms with van der Waals surface area (Å²) in [4.78, 5) is 21.3. The van der Waals surface area contributed by atoms with Crippen molar-refractivity contribution in [3.8, 4) is 0 Å². The van der Waals surface area contributed by atoms with Gasteiger partial charge in [0.05, 0.1) is 17.7 Å². The molecule has 0 saturated heterocycles. The van der Waals surface area contributed by atoms with Gasteiger partial charge >= 0.3 is 0 Å². The maximum Gasteiger partial charge on any atom is 0.287 e. The van der Waals surface area contributed by atoms with E-state index >= 15 is 0 Å². The number of aryl methyl sites for hydroxylation is 1. The summed E-state index contributed by atoms with van der Waals surface area (Å²) in [6, 6.07) is 9.79. The lowest BCUT2D eigenvalue weighted by molar-refractivity contribution is 0.0233. The van der Waals surface area contributed by atoms with Crippen LogP contribution in [0.3, 0.4) is 0 Å². The van der Waals surface area contributed by atoms with Crippen LogP contribution in [-0.2, 0) is 7.05 Å². The number of amides is 1. The van der Waals surface area contributed by atoms with Crippen LogP contribution >= 0.6 is 0 Å². The highest BCUT2D eigenvalue weighted by Crippen LogP contribution is 2.38. The molecule has 4 rings (SSSR count). The minimum Gasteiger partial charge on any atom is -0.393 e. The number of aromatic nitrogens is 3. The van der Waals surface area contributed by atoms with E-state index in [4.69, 9.17) is 0 Å². The Morgan fingerprint density at radius 1 is 1.32 bits per heavy atom. The molecule has 1 saturated carbocycles. The number of rotatable bonds is 4. The van der Waals surface area contributed by atoms with Gasteiger partial charge in [0.2, 0.25) is 0 Å². The Morgan fingerprint density at radius 2 is 2.12 bits per heavy atom. The number of para-hydroxylation sites is 1. The molecule has 25 heavy (non-hydrogen) atoms. The van der Waals surface area contributed by atoms with E-state index in [2.05, 4.69) is 21.4 Å². The Bertz CT molecular complexity index is 914. The quantitative estimate of drug-likeness (QED) is 0.765. The van der Waals surface area contributed by atoms with Gasteiger partial charge < -0.3 is 15.0 Å². The van der Waals surface area contributed by atoms with E-state index in [0.29, 0.717) is 18.7 Å². The molecule has 1 aromatic carbocycles. The van der Waals surface area contributed by atoms with Crippen LogP contribution < -0.4 is 5.32 Å². The van der Waals surface area contributed by atoms with E-state index in [1.54, 1.807) is 24.0 Å². The van der Waals surface area contributed by atoms with Crippen molar-refractivity contribution in [2.75, 3.05) is 0 Å². The Kier molecular flexibility index (Phi) is 3.97. The number of carbonyl (C=O) groups excluding carboxylic acids is 1. The van der Waals surface area contributed by atoms with Gasteiger partial charge in [-0.25, -0.2) is 4.98 Å². The number of carbonyl (C=O) groups is 1. The van der Waals surface area contributed by atoms with Crippen LogP contribution in [0.1, 0.15) is 35.1 Å². The highest BCUT2D eigenvalue weighted by Gasteiger charge is 2.36. The Hall–Kier alpha value is -2.73. The molecule has 0 spiro atoms. The topological polar surface area (TPSA) is 80.0 Å². The fourth-order valence-corrected chi connectivity index (χ4v) is 3.42. The highest BCUT2D eigenvalue weighted by molar-refractivity contribution is 5.91. The molecule has 0 radical (unpaired) electrons. The summed E-state index contributed by atoms with van der Waals surface area (Å²) >= 11 is 0. The standard InChI is InChI=1S/C19H20N4O2/c1-23-7-6-20-18(23)19(25)22-17(13-9-15(24)10-13)14-8-12-4-2-3-5-16(12)21-11-14/h2-8,11,13,15,17,24H,9-10H2,1H3,(H,22,25)/t13?,15?,17-/m0/s1. The first-order chi connectivity index (χ1) is 12.1. The second-order valence-electron chi connectivity index (χ2n) is 6.66. The van der Waals surface area contributed by atoms with Gasteiger partial charge in [-0.05, 0) is 36.5 Å². The Morgan fingerprint density at radius 3 is 2.84 bits per heavy atom. The minimum atomic E-state index is -0.286. The molecule has 0 bridgehead atoms. The predicted molar refractivity (Wildman–Crippen MR) is 93.9 cm³/mol. The first-order valence-electron chi connectivity index (χ1n) is 8.43. The van der Waals surface area contributed by atoms with Gasteiger partial charge in [-0.15, -0.1) is 0 Å².